The van der Waals surface area contributed by atoms with Crippen molar-refractivity contribution in [2.45, 2.75) is 27.0 Å². The van der Waals surface area contributed by atoms with E-state index >= 15 is 0 Å². The van der Waals surface area contributed by atoms with Gasteiger partial charge < -0.3 is 4.74 Å². The van der Waals surface area contributed by atoms with E-state index in [1.807, 2.05) is 38.1 Å². The smallest absolute Gasteiger partial charge is 0.331 e. The molecule has 3 aromatic rings. The average Bonchev–Trinajstić information content (AvgIpc) is 2.94. The topological polar surface area (TPSA) is 44.1 Å². The summed E-state index contributed by atoms with van der Waals surface area (Å²) in [5, 5.41) is 5.60. The van der Waals surface area contributed by atoms with Gasteiger partial charge in [-0.25, -0.2) is 9.48 Å². The van der Waals surface area contributed by atoms with E-state index in [0.29, 0.717) is 22.3 Å². The van der Waals surface area contributed by atoms with E-state index in [0.717, 1.165) is 16.8 Å². The van der Waals surface area contributed by atoms with Crippen LogP contribution in [0.25, 0.3) is 6.08 Å². The van der Waals surface area contributed by atoms with Gasteiger partial charge in [0.2, 0.25) is 0 Å². The zero-order valence-electron chi connectivity index (χ0n) is 15.7. The summed E-state index contributed by atoms with van der Waals surface area (Å²) in [6.07, 6.45) is 3.00. The highest BCUT2D eigenvalue weighted by Crippen LogP contribution is 2.22. The molecule has 2 aromatic carbocycles. The van der Waals surface area contributed by atoms with Crippen molar-refractivity contribution in [3.05, 3.63) is 92.7 Å². The first kappa shape index (κ1) is 20.2. The molecule has 4 nitrogen and oxygen atoms in total. The summed E-state index contributed by atoms with van der Waals surface area (Å²) in [7, 11) is 0. The van der Waals surface area contributed by atoms with Crippen molar-refractivity contribution in [3.8, 4) is 0 Å². The van der Waals surface area contributed by atoms with Gasteiger partial charge in [-0.2, -0.15) is 5.10 Å². The molecule has 0 aliphatic rings. The molecule has 0 N–H and O–H groups in total. The van der Waals surface area contributed by atoms with Crippen LogP contribution in [0.3, 0.4) is 0 Å². The highest BCUT2D eigenvalue weighted by Gasteiger charge is 2.12. The van der Waals surface area contributed by atoms with Crippen molar-refractivity contribution in [1.29, 1.82) is 0 Å². The van der Waals surface area contributed by atoms with Gasteiger partial charge in [-0.15, -0.1) is 0 Å². The Balaban J connectivity index is 1.64. The van der Waals surface area contributed by atoms with Gasteiger partial charge in [0.15, 0.2) is 0 Å². The van der Waals surface area contributed by atoms with Crippen molar-refractivity contribution >= 4 is 35.2 Å². The minimum Gasteiger partial charge on any atom is -0.458 e. The molecule has 0 spiro atoms. The van der Waals surface area contributed by atoms with Gasteiger partial charge in [-0.1, -0.05) is 65.2 Å². The lowest BCUT2D eigenvalue weighted by molar-refractivity contribution is -0.138. The van der Waals surface area contributed by atoms with Crippen molar-refractivity contribution in [1.82, 2.24) is 9.78 Å². The molecule has 0 aliphatic heterocycles. The van der Waals surface area contributed by atoms with E-state index in [1.54, 1.807) is 22.9 Å². The number of aromatic nitrogens is 2. The second-order valence-electron chi connectivity index (χ2n) is 6.50. The van der Waals surface area contributed by atoms with Crippen LogP contribution in [0, 0.1) is 13.8 Å². The van der Waals surface area contributed by atoms with Crippen molar-refractivity contribution in [3.63, 3.8) is 0 Å². The van der Waals surface area contributed by atoms with Crippen molar-refractivity contribution in [2.75, 3.05) is 0 Å². The lowest BCUT2D eigenvalue weighted by Gasteiger charge is -2.04. The Morgan fingerprint density at radius 2 is 1.68 bits per heavy atom. The van der Waals surface area contributed by atoms with Gasteiger partial charge in [-0.3, -0.25) is 0 Å². The largest absolute Gasteiger partial charge is 0.458 e. The summed E-state index contributed by atoms with van der Waals surface area (Å²) < 4.78 is 6.97. The maximum atomic E-state index is 12.0. The number of esters is 1. The second-order valence-corrected chi connectivity index (χ2v) is 7.30. The number of halogens is 2. The predicted octanol–water partition coefficient (Wildman–Crippen LogP) is 5.61. The first-order chi connectivity index (χ1) is 13.4. The molecular formula is C22H20Cl2N2O2. The molecule has 0 amide bonds. The molecule has 0 atom stereocenters. The summed E-state index contributed by atoms with van der Waals surface area (Å²) >= 11 is 12.3. The first-order valence-corrected chi connectivity index (χ1v) is 9.55. The maximum Gasteiger partial charge on any atom is 0.331 e. The lowest BCUT2D eigenvalue weighted by Crippen LogP contribution is -2.02. The summed E-state index contributed by atoms with van der Waals surface area (Å²) in [5.74, 6) is -0.447. The minimum atomic E-state index is -0.447. The summed E-state index contributed by atoms with van der Waals surface area (Å²) in [5.41, 5.74) is 4.63. The zero-order valence-corrected chi connectivity index (χ0v) is 17.2. The van der Waals surface area contributed by atoms with E-state index in [-0.39, 0.29) is 6.61 Å². The molecule has 28 heavy (non-hydrogen) atoms. The van der Waals surface area contributed by atoms with E-state index in [4.69, 9.17) is 27.9 Å². The number of aryl methyl sites for hydroxylation is 2. The van der Waals surface area contributed by atoms with Crippen LogP contribution in [0.2, 0.25) is 10.2 Å². The number of carbonyl (C=O) groups is 1. The molecule has 0 radical (unpaired) electrons. The second kappa shape index (κ2) is 9.09. The number of ether oxygens (including phenoxy) is 1. The molecule has 1 aromatic heterocycles. The van der Waals surface area contributed by atoms with Gasteiger partial charge in [-0.05, 0) is 43.2 Å². The normalized spacial score (nSPS) is 11.1. The Bertz CT molecular complexity index is 991. The Labute approximate surface area is 174 Å². The van der Waals surface area contributed by atoms with Crippen LogP contribution >= 0.6 is 23.2 Å². The SMILES string of the molecule is Cc1ccc(Cn2nc(C)c(/C=C/C(=O)OCc3ccc(Cl)cc3)c2Cl)cc1. The number of nitrogens with zero attached hydrogens (tertiary/aromatic N) is 2. The molecule has 0 aliphatic carbocycles. The summed E-state index contributed by atoms with van der Waals surface area (Å²) in [6.45, 7) is 4.65. The third kappa shape index (κ3) is 5.24. The van der Waals surface area contributed by atoms with Gasteiger partial charge in [0.1, 0.15) is 11.8 Å². The Kier molecular flexibility index (Phi) is 6.55. The van der Waals surface area contributed by atoms with Crippen LogP contribution in [0.15, 0.2) is 54.6 Å². The number of benzene rings is 2. The van der Waals surface area contributed by atoms with Crippen LogP contribution in [0.1, 0.15) is 27.9 Å². The van der Waals surface area contributed by atoms with Crippen LogP contribution in [0.5, 0.6) is 0 Å². The van der Waals surface area contributed by atoms with Crippen molar-refractivity contribution < 1.29 is 9.53 Å². The fraction of sp³-hybridized carbons (Fsp3) is 0.182. The molecule has 0 fully saturated rings. The fourth-order valence-corrected chi connectivity index (χ4v) is 3.09. The monoisotopic (exact) mass is 414 g/mol. The standard InChI is InChI=1S/C22H20Cl2N2O2/c1-15-3-5-17(6-4-15)13-26-22(24)20(16(2)25-26)11-12-21(27)28-14-18-7-9-19(23)10-8-18/h3-12H,13-14H2,1-2H3/b12-11+. The molecule has 0 saturated heterocycles. The Morgan fingerprint density at radius 3 is 2.36 bits per heavy atom. The molecule has 0 saturated carbocycles. The molecule has 0 unspecified atom stereocenters. The molecule has 144 valence electrons. The van der Waals surface area contributed by atoms with E-state index in [1.165, 1.54) is 11.6 Å². The van der Waals surface area contributed by atoms with E-state index < -0.39 is 5.97 Å². The summed E-state index contributed by atoms with van der Waals surface area (Å²) in [4.78, 5) is 12.0. The Hall–Kier alpha value is -2.56. The highest BCUT2D eigenvalue weighted by molar-refractivity contribution is 6.31. The fourth-order valence-electron chi connectivity index (χ4n) is 2.66. The third-order valence-corrected chi connectivity index (χ3v) is 4.89. The third-order valence-electron chi connectivity index (χ3n) is 4.24. The van der Waals surface area contributed by atoms with Gasteiger partial charge >= 0.3 is 5.97 Å². The molecule has 1 heterocycles. The van der Waals surface area contributed by atoms with Gasteiger partial charge in [0.05, 0.1) is 12.2 Å². The molecule has 6 heteroatoms. The van der Waals surface area contributed by atoms with Crippen LogP contribution in [-0.2, 0) is 22.7 Å². The average molecular weight is 415 g/mol. The van der Waals surface area contributed by atoms with E-state index in [9.17, 15) is 4.79 Å². The van der Waals surface area contributed by atoms with Gasteiger partial charge in [0.25, 0.3) is 0 Å². The zero-order chi connectivity index (χ0) is 20.1. The highest BCUT2D eigenvalue weighted by atomic mass is 35.5. The first-order valence-electron chi connectivity index (χ1n) is 8.80. The molecule has 0 bridgehead atoms. The maximum absolute atomic E-state index is 12.0. The number of rotatable bonds is 6. The summed E-state index contributed by atoms with van der Waals surface area (Å²) in [6, 6.07) is 15.3. The quantitative estimate of drug-likeness (QED) is 0.388. The lowest BCUT2D eigenvalue weighted by atomic mass is 10.1. The van der Waals surface area contributed by atoms with Crippen molar-refractivity contribution in [2.24, 2.45) is 0 Å². The van der Waals surface area contributed by atoms with Gasteiger partial charge in [0, 0.05) is 16.7 Å². The van der Waals surface area contributed by atoms with Crippen LogP contribution in [0.4, 0.5) is 0 Å². The van der Waals surface area contributed by atoms with Crippen LogP contribution in [-0.4, -0.2) is 15.7 Å². The number of carbonyl (C=O) groups excluding carboxylic acids is 1. The molecule has 3 rings (SSSR count). The number of hydrogen-bond donors (Lipinski definition) is 0. The Morgan fingerprint density at radius 1 is 1.04 bits per heavy atom. The minimum absolute atomic E-state index is 0.180. The number of hydrogen-bond acceptors (Lipinski definition) is 3. The van der Waals surface area contributed by atoms with E-state index in [2.05, 4.69) is 17.2 Å². The van der Waals surface area contributed by atoms with Crippen LogP contribution < -0.4 is 0 Å². The molecular weight excluding hydrogens is 395 g/mol. The predicted molar refractivity (Wildman–Crippen MR) is 113 cm³/mol.